The number of methoxy groups -OCH3 is 1. The zero-order valence-corrected chi connectivity index (χ0v) is 14.7. The second kappa shape index (κ2) is 7.18. The highest BCUT2D eigenvalue weighted by Gasteiger charge is 2.29. The number of ether oxygens (including phenoxy) is 1. The van der Waals surface area contributed by atoms with Gasteiger partial charge in [0.05, 0.1) is 19.1 Å². The fraction of sp³-hybridized carbons (Fsp3) is 0.474. The molecule has 1 aliphatic rings. The normalized spacial score (nSPS) is 17.0. The minimum Gasteiger partial charge on any atom is -0.384 e. The molecule has 0 radical (unpaired) electrons. The van der Waals surface area contributed by atoms with Crippen LogP contribution in [-0.4, -0.2) is 40.6 Å². The SMILES string of the molecule is COCCc1cnc2n1CCN(C(=O)Cc1ccc(C)cc1)[C@@H]2C. The minimum atomic E-state index is 0.00740. The maximum absolute atomic E-state index is 12.7. The Morgan fingerprint density at radius 3 is 2.75 bits per heavy atom. The average Bonchev–Trinajstić information content (AvgIpc) is 2.99. The third-order valence-electron chi connectivity index (χ3n) is 4.73. The number of hydrogen-bond donors (Lipinski definition) is 0. The van der Waals surface area contributed by atoms with Crippen molar-refractivity contribution >= 4 is 5.91 Å². The number of amides is 1. The quantitative estimate of drug-likeness (QED) is 0.848. The third-order valence-corrected chi connectivity index (χ3v) is 4.73. The first-order valence-electron chi connectivity index (χ1n) is 8.48. The van der Waals surface area contributed by atoms with Gasteiger partial charge in [-0.3, -0.25) is 4.79 Å². The number of carbonyl (C=O) groups is 1. The molecule has 0 N–H and O–H groups in total. The number of hydrogen-bond acceptors (Lipinski definition) is 3. The van der Waals surface area contributed by atoms with Crippen LogP contribution in [0.4, 0.5) is 0 Å². The minimum absolute atomic E-state index is 0.00740. The van der Waals surface area contributed by atoms with Gasteiger partial charge in [-0.15, -0.1) is 0 Å². The third kappa shape index (κ3) is 3.36. The van der Waals surface area contributed by atoms with E-state index in [2.05, 4.69) is 35.5 Å². The first kappa shape index (κ1) is 16.7. The van der Waals surface area contributed by atoms with Crippen LogP contribution in [0.15, 0.2) is 30.5 Å². The highest BCUT2D eigenvalue weighted by molar-refractivity contribution is 5.79. The number of carbonyl (C=O) groups excluding carboxylic acids is 1. The van der Waals surface area contributed by atoms with Gasteiger partial charge in [0.25, 0.3) is 0 Å². The zero-order chi connectivity index (χ0) is 17.1. The van der Waals surface area contributed by atoms with Crippen LogP contribution in [0.5, 0.6) is 0 Å². The van der Waals surface area contributed by atoms with Gasteiger partial charge in [-0.05, 0) is 19.4 Å². The molecule has 0 unspecified atom stereocenters. The molecule has 0 saturated carbocycles. The number of nitrogens with zero attached hydrogens (tertiary/aromatic N) is 3. The maximum atomic E-state index is 12.7. The Morgan fingerprint density at radius 1 is 1.29 bits per heavy atom. The summed E-state index contributed by atoms with van der Waals surface area (Å²) in [4.78, 5) is 19.2. The molecule has 2 aromatic rings. The molecular weight excluding hydrogens is 302 g/mol. The summed E-state index contributed by atoms with van der Waals surface area (Å²) >= 11 is 0. The molecule has 24 heavy (non-hydrogen) atoms. The van der Waals surface area contributed by atoms with Crippen LogP contribution >= 0.6 is 0 Å². The Labute approximate surface area is 143 Å². The lowest BCUT2D eigenvalue weighted by molar-refractivity contribution is -0.133. The van der Waals surface area contributed by atoms with Crippen LogP contribution in [0.2, 0.25) is 0 Å². The van der Waals surface area contributed by atoms with Crippen molar-refractivity contribution in [1.29, 1.82) is 0 Å². The van der Waals surface area contributed by atoms with Gasteiger partial charge in [0.2, 0.25) is 5.91 Å². The van der Waals surface area contributed by atoms with Gasteiger partial charge >= 0.3 is 0 Å². The number of aromatic nitrogens is 2. The molecule has 0 fully saturated rings. The Hall–Kier alpha value is -2.14. The van der Waals surface area contributed by atoms with E-state index in [9.17, 15) is 4.79 Å². The molecule has 1 aromatic heterocycles. The molecule has 1 aromatic carbocycles. The summed E-state index contributed by atoms with van der Waals surface area (Å²) in [7, 11) is 1.71. The molecule has 1 amide bonds. The summed E-state index contributed by atoms with van der Waals surface area (Å²) in [5.74, 6) is 1.14. The van der Waals surface area contributed by atoms with Gasteiger partial charge in [-0.2, -0.15) is 0 Å². The molecule has 5 nitrogen and oxygen atoms in total. The van der Waals surface area contributed by atoms with E-state index >= 15 is 0 Å². The van der Waals surface area contributed by atoms with Crippen LogP contribution in [-0.2, 0) is 28.9 Å². The number of benzene rings is 1. The second-order valence-corrected chi connectivity index (χ2v) is 6.43. The van der Waals surface area contributed by atoms with Crippen LogP contribution in [0.1, 0.15) is 35.6 Å². The smallest absolute Gasteiger partial charge is 0.227 e. The predicted octanol–water partition coefficient (Wildman–Crippen LogP) is 2.53. The summed E-state index contributed by atoms with van der Waals surface area (Å²) in [5, 5.41) is 0. The largest absolute Gasteiger partial charge is 0.384 e. The van der Waals surface area contributed by atoms with Crippen molar-refractivity contribution in [3.63, 3.8) is 0 Å². The van der Waals surface area contributed by atoms with Gasteiger partial charge in [0.1, 0.15) is 5.82 Å². The molecule has 128 valence electrons. The lowest BCUT2D eigenvalue weighted by atomic mass is 10.1. The van der Waals surface area contributed by atoms with Gasteiger partial charge in [0, 0.05) is 38.5 Å². The number of imidazole rings is 1. The van der Waals surface area contributed by atoms with Crippen LogP contribution in [0.25, 0.3) is 0 Å². The van der Waals surface area contributed by atoms with Crippen LogP contribution in [0, 0.1) is 6.92 Å². The Balaban J connectivity index is 1.71. The Kier molecular flexibility index (Phi) is 5.00. The number of rotatable bonds is 5. The standard InChI is InChI=1S/C19H25N3O2/c1-14-4-6-16(7-5-14)12-18(23)21-9-10-22-17(8-11-24-3)13-20-19(22)15(21)2/h4-7,13,15H,8-12H2,1-3H3/t15-/m1/s1. The molecule has 3 rings (SSSR count). The molecule has 2 heterocycles. The van der Waals surface area contributed by atoms with Crippen molar-refractivity contribution < 1.29 is 9.53 Å². The van der Waals surface area contributed by atoms with Crippen molar-refractivity contribution in [2.45, 2.75) is 39.3 Å². The summed E-state index contributed by atoms with van der Waals surface area (Å²) in [6.07, 6.45) is 3.22. The van der Waals surface area contributed by atoms with Gasteiger partial charge in [0.15, 0.2) is 0 Å². The molecule has 1 aliphatic heterocycles. The molecule has 1 atom stereocenters. The molecular formula is C19H25N3O2. The van der Waals surface area contributed by atoms with Crippen LogP contribution in [0.3, 0.4) is 0 Å². The van der Waals surface area contributed by atoms with E-state index < -0.39 is 0 Å². The van der Waals surface area contributed by atoms with Crippen molar-refractivity contribution in [2.24, 2.45) is 0 Å². The zero-order valence-electron chi connectivity index (χ0n) is 14.7. The summed E-state index contributed by atoms with van der Waals surface area (Å²) < 4.78 is 7.40. The highest BCUT2D eigenvalue weighted by atomic mass is 16.5. The molecule has 0 aliphatic carbocycles. The van der Waals surface area contributed by atoms with E-state index in [0.717, 1.165) is 30.9 Å². The maximum Gasteiger partial charge on any atom is 0.227 e. The van der Waals surface area contributed by atoms with Crippen molar-refractivity contribution in [3.05, 3.63) is 53.1 Å². The first-order valence-corrected chi connectivity index (χ1v) is 8.48. The van der Waals surface area contributed by atoms with E-state index in [1.165, 1.54) is 11.3 Å². The van der Waals surface area contributed by atoms with E-state index in [1.807, 2.05) is 23.2 Å². The van der Waals surface area contributed by atoms with Crippen molar-refractivity contribution in [3.8, 4) is 0 Å². The van der Waals surface area contributed by atoms with Crippen molar-refractivity contribution in [1.82, 2.24) is 14.5 Å². The average molecular weight is 327 g/mol. The molecule has 5 heteroatoms. The van der Waals surface area contributed by atoms with E-state index in [-0.39, 0.29) is 11.9 Å². The summed E-state index contributed by atoms with van der Waals surface area (Å²) in [6.45, 7) is 6.34. The lowest BCUT2D eigenvalue weighted by Gasteiger charge is -2.34. The molecule has 0 saturated heterocycles. The van der Waals surface area contributed by atoms with Crippen molar-refractivity contribution in [2.75, 3.05) is 20.3 Å². The second-order valence-electron chi connectivity index (χ2n) is 6.43. The highest BCUT2D eigenvalue weighted by Crippen LogP contribution is 2.26. The fourth-order valence-electron chi connectivity index (χ4n) is 3.29. The van der Waals surface area contributed by atoms with E-state index in [0.29, 0.717) is 13.0 Å². The Morgan fingerprint density at radius 2 is 2.04 bits per heavy atom. The molecule has 0 bridgehead atoms. The topological polar surface area (TPSA) is 47.4 Å². The predicted molar refractivity (Wildman–Crippen MR) is 92.8 cm³/mol. The number of aryl methyl sites for hydroxylation is 1. The van der Waals surface area contributed by atoms with Gasteiger partial charge < -0.3 is 14.2 Å². The van der Waals surface area contributed by atoms with E-state index in [4.69, 9.17) is 4.74 Å². The molecule has 0 spiro atoms. The van der Waals surface area contributed by atoms with Crippen LogP contribution < -0.4 is 0 Å². The van der Waals surface area contributed by atoms with E-state index in [1.54, 1.807) is 7.11 Å². The fourth-order valence-corrected chi connectivity index (χ4v) is 3.29. The monoisotopic (exact) mass is 327 g/mol. The van der Waals surface area contributed by atoms with Gasteiger partial charge in [-0.25, -0.2) is 4.98 Å². The van der Waals surface area contributed by atoms with Gasteiger partial charge in [-0.1, -0.05) is 29.8 Å². The first-order chi connectivity index (χ1) is 11.6. The lowest BCUT2D eigenvalue weighted by Crippen LogP contribution is -2.42. The summed E-state index contributed by atoms with van der Waals surface area (Å²) in [5.41, 5.74) is 3.46. The summed E-state index contributed by atoms with van der Waals surface area (Å²) in [6, 6.07) is 8.18. The number of fused-ring (bicyclic) bond motifs is 1. The Bertz CT molecular complexity index is 706.